The van der Waals surface area contributed by atoms with Crippen molar-refractivity contribution in [3.05, 3.63) is 107 Å². The highest BCUT2D eigenvalue weighted by molar-refractivity contribution is 6.99. The number of fused-ring (bicyclic) bond motifs is 1. The molecule has 2 N–H and O–H groups in total. The van der Waals surface area contributed by atoms with Gasteiger partial charge in [-0.25, -0.2) is 4.98 Å². The molecule has 330 valence electrons. The molecule has 9 nitrogen and oxygen atoms in total. The molecule has 0 amide bonds. The number of unbranched alkanes of at least 4 members (excludes halogenated alkanes) is 2. The average Bonchev–Trinajstić information content (AvgIpc) is 3.23. The Morgan fingerprint density at radius 3 is 2.00 bits per heavy atom. The van der Waals surface area contributed by atoms with E-state index in [1.165, 1.54) is 10.4 Å². The molecule has 2 aromatic heterocycles. The van der Waals surface area contributed by atoms with E-state index in [1.807, 2.05) is 6.92 Å². The van der Waals surface area contributed by atoms with E-state index >= 15 is 0 Å². The lowest BCUT2D eigenvalue weighted by atomic mass is 10.1. The quantitative estimate of drug-likeness (QED) is 0.0576. The highest BCUT2D eigenvalue weighted by atomic mass is 28.4. The number of benzene rings is 3. The Balaban J connectivity index is 1.18. The van der Waals surface area contributed by atoms with Crippen molar-refractivity contribution in [3.63, 3.8) is 0 Å². The number of anilines is 3. The number of aromatic nitrogens is 3. The van der Waals surface area contributed by atoms with Crippen LogP contribution < -0.4 is 30.9 Å². The van der Waals surface area contributed by atoms with Gasteiger partial charge in [-0.3, -0.25) is 4.79 Å². The minimum Gasteiger partial charge on any atom is -0.491 e. The summed E-state index contributed by atoms with van der Waals surface area (Å²) in [6.45, 7) is 27.8. The second kappa shape index (κ2) is 20.2. The van der Waals surface area contributed by atoms with E-state index in [9.17, 15) is 4.79 Å². The van der Waals surface area contributed by atoms with E-state index in [1.54, 1.807) is 6.20 Å². The molecule has 11 heteroatoms. The van der Waals surface area contributed by atoms with Gasteiger partial charge in [-0.05, 0) is 77.4 Å². The van der Waals surface area contributed by atoms with Crippen molar-refractivity contribution in [2.45, 2.75) is 110 Å². The first-order valence-corrected chi connectivity index (χ1v) is 26.9. The van der Waals surface area contributed by atoms with Crippen LogP contribution in [0.5, 0.6) is 5.75 Å². The fraction of sp³-hybridized carbons (Fsp3) is 0.471. The van der Waals surface area contributed by atoms with Crippen LogP contribution in [0.15, 0.2) is 89.9 Å². The fourth-order valence-corrected chi connectivity index (χ4v) is 19.5. The van der Waals surface area contributed by atoms with Crippen LogP contribution in [0.4, 0.5) is 17.3 Å². The average molecular weight is 871 g/mol. The highest BCUT2D eigenvalue weighted by Gasteiger charge is 2.50. The van der Waals surface area contributed by atoms with Crippen molar-refractivity contribution in [1.29, 1.82) is 0 Å². The number of hydrogen-bond acceptors (Lipinski definition) is 8. The van der Waals surface area contributed by atoms with Crippen molar-refractivity contribution < 1.29 is 9.16 Å². The molecule has 0 saturated carbocycles. The van der Waals surface area contributed by atoms with E-state index in [4.69, 9.17) is 19.1 Å². The third kappa shape index (κ3) is 10.0. The Bertz CT molecular complexity index is 2320. The number of likely N-dealkylation sites (N-methyl/N-ethyl adjacent to an activating group) is 1. The molecular formula is C51H70N6O3Si2. The molecule has 0 radical (unpaired) electrons. The Labute approximate surface area is 373 Å². The molecule has 5 aromatic rings. The van der Waals surface area contributed by atoms with Crippen LogP contribution in [0.1, 0.15) is 92.7 Å². The Hall–Kier alpha value is -4.74. The molecule has 0 unspecified atom stereocenters. The van der Waals surface area contributed by atoms with Gasteiger partial charge < -0.3 is 29.3 Å². The van der Waals surface area contributed by atoms with Crippen molar-refractivity contribution in [2.24, 2.45) is 0 Å². The summed E-state index contributed by atoms with van der Waals surface area (Å²) in [5.74, 6) is 4.75. The van der Waals surface area contributed by atoms with E-state index in [0.717, 1.165) is 73.5 Å². The number of H-pyrrole nitrogens is 1. The molecule has 62 heavy (non-hydrogen) atoms. The molecule has 0 aliphatic carbocycles. The van der Waals surface area contributed by atoms with Gasteiger partial charge in [-0.1, -0.05) is 129 Å². The Kier molecular flexibility index (Phi) is 15.2. The number of pyridine rings is 1. The molecular weight excluding hydrogens is 801 g/mol. The summed E-state index contributed by atoms with van der Waals surface area (Å²) < 4.78 is 13.8. The van der Waals surface area contributed by atoms with Crippen LogP contribution in [0.25, 0.3) is 11.0 Å². The zero-order valence-electron chi connectivity index (χ0n) is 39.2. The number of nitrogens with one attached hydrogen (secondary N) is 2. The molecule has 0 atom stereocenters. The van der Waals surface area contributed by atoms with E-state index in [2.05, 4.69) is 180 Å². The SMILES string of the molecule is Cc1c(C#C[Si](C(C)C)(C(C)C)C(C)C)c2cnc(Nc3ccc(N4CCN(C)CC4)c(OCCCCCO[Si](c4ccccc4)(c4ccccc4)C(C)(C)C)c3)nc2[nH]c1=O. The standard InChI is InChI=1S/C51H70N6O3Si2/c1-37(2)61(38(3)4,39(5)6)34-27-44-40(7)49(58)54-48-45(44)36-52-50(55-48)53-41-25-26-46(57-30-28-56(11)29-31-57)47(35-41)59-32-19-14-20-33-60-62(51(8,9)10,42-21-15-12-16-22-42)43-23-17-13-18-24-43/h12-13,15-18,21-26,35-39H,14,19-20,28-33H2,1-11H3,(H2,52,53,54,55,58). The van der Waals surface area contributed by atoms with E-state index < -0.39 is 16.4 Å². The summed E-state index contributed by atoms with van der Waals surface area (Å²) in [6.07, 6.45) is 4.63. The number of piperazine rings is 1. The molecule has 6 rings (SSSR count). The fourth-order valence-electron chi connectivity index (χ4n) is 9.70. The van der Waals surface area contributed by atoms with Crippen molar-refractivity contribution >= 4 is 55.1 Å². The highest BCUT2D eigenvalue weighted by Crippen LogP contribution is 2.41. The van der Waals surface area contributed by atoms with Gasteiger partial charge in [0.15, 0.2) is 0 Å². The van der Waals surface area contributed by atoms with Gasteiger partial charge in [-0.2, -0.15) is 4.98 Å². The lowest BCUT2D eigenvalue weighted by Gasteiger charge is -2.43. The smallest absolute Gasteiger partial charge is 0.261 e. The second-order valence-electron chi connectivity index (χ2n) is 19.1. The summed E-state index contributed by atoms with van der Waals surface area (Å²) in [4.78, 5) is 30.6. The molecule has 1 aliphatic heterocycles. The maximum Gasteiger partial charge on any atom is 0.261 e. The zero-order valence-corrected chi connectivity index (χ0v) is 41.2. The van der Waals surface area contributed by atoms with Crippen LogP contribution >= 0.6 is 0 Å². The zero-order chi connectivity index (χ0) is 44.7. The molecule has 1 saturated heterocycles. The second-order valence-corrected chi connectivity index (χ2v) is 29.0. The Morgan fingerprint density at radius 2 is 1.42 bits per heavy atom. The maximum absolute atomic E-state index is 13.3. The molecule has 1 aliphatic rings. The summed E-state index contributed by atoms with van der Waals surface area (Å²) in [7, 11) is -2.43. The van der Waals surface area contributed by atoms with Gasteiger partial charge in [0.05, 0.1) is 17.7 Å². The third-order valence-corrected chi connectivity index (χ3v) is 24.4. The minimum atomic E-state index is -2.57. The van der Waals surface area contributed by atoms with Crippen molar-refractivity contribution in [2.75, 3.05) is 56.7 Å². The molecule has 3 aromatic carbocycles. The van der Waals surface area contributed by atoms with Gasteiger partial charge in [0, 0.05) is 61.9 Å². The molecule has 0 spiro atoms. The van der Waals surface area contributed by atoms with Crippen LogP contribution in [0, 0.1) is 18.4 Å². The van der Waals surface area contributed by atoms with Crippen molar-refractivity contribution in [1.82, 2.24) is 19.9 Å². The topological polar surface area (TPSA) is 95.6 Å². The van der Waals surface area contributed by atoms with E-state index in [0.29, 0.717) is 47.0 Å². The maximum atomic E-state index is 13.3. The predicted molar refractivity (Wildman–Crippen MR) is 265 cm³/mol. The lowest BCUT2D eigenvalue weighted by molar-refractivity contribution is 0.269. The van der Waals surface area contributed by atoms with Crippen LogP contribution in [-0.4, -0.2) is 82.7 Å². The summed E-state index contributed by atoms with van der Waals surface area (Å²) in [5, 5.41) is 6.73. The first kappa shape index (κ1) is 46.8. The number of aromatic amines is 1. The van der Waals surface area contributed by atoms with Gasteiger partial charge in [0.25, 0.3) is 13.9 Å². The van der Waals surface area contributed by atoms with Crippen LogP contribution in [0.2, 0.25) is 21.7 Å². The largest absolute Gasteiger partial charge is 0.491 e. The van der Waals surface area contributed by atoms with Gasteiger partial charge in [-0.15, -0.1) is 5.54 Å². The first-order valence-electron chi connectivity index (χ1n) is 22.7. The first-order chi connectivity index (χ1) is 29.6. The van der Waals surface area contributed by atoms with Gasteiger partial charge >= 0.3 is 0 Å². The minimum absolute atomic E-state index is 0.0493. The number of hydrogen-bond donors (Lipinski definition) is 2. The molecule has 1 fully saturated rings. The van der Waals surface area contributed by atoms with Crippen molar-refractivity contribution in [3.8, 4) is 17.2 Å². The van der Waals surface area contributed by atoms with Gasteiger partial charge in [0.1, 0.15) is 19.5 Å². The van der Waals surface area contributed by atoms with Crippen LogP contribution in [-0.2, 0) is 4.43 Å². The predicted octanol–water partition coefficient (Wildman–Crippen LogP) is 9.82. The number of ether oxygens (including phenoxy) is 1. The number of nitrogens with zero attached hydrogens (tertiary/aromatic N) is 4. The van der Waals surface area contributed by atoms with Crippen LogP contribution in [0.3, 0.4) is 0 Å². The van der Waals surface area contributed by atoms with E-state index in [-0.39, 0.29) is 10.6 Å². The lowest BCUT2D eigenvalue weighted by Crippen LogP contribution is -2.66. The summed E-state index contributed by atoms with van der Waals surface area (Å²) in [5.41, 5.74) is 8.74. The monoisotopic (exact) mass is 871 g/mol. The Morgan fingerprint density at radius 1 is 0.823 bits per heavy atom. The number of rotatable bonds is 16. The third-order valence-electron chi connectivity index (χ3n) is 13.1. The molecule has 3 heterocycles. The summed E-state index contributed by atoms with van der Waals surface area (Å²) in [6, 6.07) is 27.9. The van der Waals surface area contributed by atoms with Gasteiger partial charge in [0.2, 0.25) is 5.95 Å². The summed E-state index contributed by atoms with van der Waals surface area (Å²) >= 11 is 0. The normalized spacial score (nSPS) is 14.1. The molecule has 0 bridgehead atoms.